The van der Waals surface area contributed by atoms with E-state index in [4.69, 9.17) is 11.6 Å². The molecule has 27 heavy (non-hydrogen) atoms. The first-order valence-electron chi connectivity index (χ1n) is 8.53. The van der Waals surface area contributed by atoms with E-state index in [0.29, 0.717) is 29.2 Å². The molecule has 0 spiro atoms. The van der Waals surface area contributed by atoms with E-state index in [0.717, 1.165) is 0 Å². The minimum atomic E-state index is -1.08. The van der Waals surface area contributed by atoms with Gasteiger partial charge in [-0.3, -0.25) is 9.59 Å². The number of rotatable bonds is 5. The zero-order valence-corrected chi connectivity index (χ0v) is 15.5. The molecule has 1 saturated heterocycles. The van der Waals surface area contributed by atoms with Gasteiger partial charge in [0, 0.05) is 13.6 Å². The number of carboxylic acid groups (broad SMARTS) is 1. The van der Waals surface area contributed by atoms with E-state index in [1.54, 1.807) is 54.4 Å². The highest BCUT2D eigenvalue weighted by molar-refractivity contribution is 6.34. The van der Waals surface area contributed by atoms with E-state index in [1.165, 1.54) is 11.0 Å². The van der Waals surface area contributed by atoms with Crippen LogP contribution in [0.25, 0.3) is 0 Å². The molecule has 140 valence electrons. The minimum Gasteiger partial charge on any atom is -0.478 e. The number of carbonyl (C=O) groups is 3. The third-order valence-corrected chi connectivity index (χ3v) is 5.09. The maximum atomic E-state index is 12.8. The van der Waals surface area contributed by atoms with Crippen molar-refractivity contribution in [3.05, 3.63) is 64.7 Å². The summed E-state index contributed by atoms with van der Waals surface area (Å²) in [4.78, 5) is 39.8. The second kappa shape index (κ2) is 7.80. The van der Waals surface area contributed by atoms with E-state index < -0.39 is 12.0 Å². The molecule has 0 aromatic heterocycles. The lowest BCUT2D eigenvalue weighted by molar-refractivity contribution is -0.136. The molecule has 1 aliphatic heterocycles. The first kappa shape index (κ1) is 18.9. The topological polar surface area (TPSA) is 77.9 Å². The number of anilines is 1. The van der Waals surface area contributed by atoms with Gasteiger partial charge in [0.05, 0.1) is 22.7 Å². The Hall–Kier alpha value is -2.86. The SMILES string of the molecule is CN(C(=O)Cc1ccccc1C(=O)O)C1CCN(c2ccccc2Cl)C1=O. The molecule has 1 unspecified atom stereocenters. The Labute approximate surface area is 162 Å². The average molecular weight is 387 g/mol. The van der Waals surface area contributed by atoms with Crippen LogP contribution in [0.3, 0.4) is 0 Å². The molecule has 1 fully saturated rings. The molecule has 1 atom stereocenters. The maximum Gasteiger partial charge on any atom is 0.335 e. The highest BCUT2D eigenvalue weighted by Crippen LogP contribution is 2.30. The van der Waals surface area contributed by atoms with E-state index in [2.05, 4.69) is 0 Å². The molecule has 1 aliphatic rings. The van der Waals surface area contributed by atoms with Gasteiger partial charge in [-0.25, -0.2) is 4.79 Å². The van der Waals surface area contributed by atoms with Crippen molar-refractivity contribution in [2.24, 2.45) is 0 Å². The van der Waals surface area contributed by atoms with E-state index in [9.17, 15) is 19.5 Å². The Kier molecular flexibility index (Phi) is 5.46. The van der Waals surface area contributed by atoms with Crippen LogP contribution in [0.2, 0.25) is 5.02 Å². The smallest absolute Gasteiger partial charge is 0.335 e. The van der Waals surface area contributed by atoms with Gasteiger partial charge in [-0.1, -0.05) is 41.9 Å². The van der Waals surface area contributed by atoms with Crippen molar-refractivity contribution in [1.82, 2.24) is 4.90 Å². The summed E-state index contributed by atoms with van der Waals surface area (Å²) in [6, 6.07) is 12.9. The Balaban J connectivity index is 1.74. The standard InChI is InChI=1S/C20H19ClN2O4/c1-22(18(24)12-13-6-2-3-7-14(13)20(26)27)17-10-11-23(19(17)25)16-9-5-4-8-15(16)21/h2-9,17H,10-12H2,1H3,(H,26,27). The van der Waals surface area contributed by atoms with Gasteiger partial charge in [0.1, 0.15) is 6.04 Å². The normalized spacial score (nSPS) is 16.4. The molecule has 7 heteroatoms. The highest BCUT2D eigenvalue weighted by Gasteiger charge is 2.37. The Bertz CT molecular complexity index is 899. The predicted molar refractivity (Wildman–Crippen MR) is 102 cm³/mol. The van der Waals surface area contributed by atoms with Crippen LogP contribution in [-0.4, -0.2) is 47.4 Å². The molecule has 2 aromatic rings. The number of para-hydroxylation sites is 1. The molecule has 0 aliphatic carbocycles. The van der Waals surface area contributed by atoms with Crippen LogP contribution in [0.1, 0.15) is 22.3 Å². The number of aromatic carboxylic acids is 1. The van der Waals surface area contributed by atoms with Crippen LogP contribution in [-0.2, 0) is 16.0 Å². The molecule has 6 nitrogen and oxygen atoms in total. The summed E-state index contributed by atoms with van der Waals surface area (Å²) in [5.74, 6) is -1.57. The van der Waals surface area contributed by atoms with Crippen molar-refractivity contribution < 1.29 is 19.5 Å². The van der Waals surface area contributed by atoms with Crippen molar-refractivity contribution >= 4 is 35.1 Å². The van der Waals surface area contributed by atoms with Gasteiger partial charge in [-0.05, 0) is 30.2 Å². The number of likely N-dealkylation sites (N-methyl/N-ethyl adjacent to an activating group) is 1. The van der Waals surface area contributed by atoms with Crippen LogP contribution in [0.5, 0.6) is 0 Å². The number of amides is 2. The molecule has 0 radical (unpaired) electrons. The van der Waals surface area contributed by atoms with Crippen LogP contribution in [0, 0.1) is 0 Å². The monoisotopic (exact) mass is 386 g/mol. The lowest BCUT2D eigenvalue weighted by Gasteiger charge is -2.24. The number of hydrogen-bond donors (Lipinski definition) is 1. The summed E-state index contributed by atoms with van der Waals surface area (Å²) >= 11 is 6.18. The number of carboxylic acids is 1. The second-order valence-corrected chi connectivity index (χ2v) is 6.80. The summed E-state index contributed by atoms with van der Waals surface area (Å²) in [6.07, 6.45) is 0.418. The Morgan fingerprint density at radius 1 is 1.19 bits per heavy atom. The number of halogens is 1. The van der Waals surface area contributed by atoms with Crippen molar-refractivity contribution in [3.63, 3.8) is 0 Å². The van der Waals surface area contributed by atoms with Gasteiger partial charge in [0.15, 0.2) is 0 Å². The van der Waals surface area contributed by atoms with Crippen LogP contribution < -0.4 is 4.90 Å². The largest absolute Gasteiger partial charge is 0.478 e. The lowest BCUT2D eigenvalue weighted by Crippen LogP contribution is -2.43. The summed E-state index contributed by atoms with van der Waals surface area (Å²) in [6.45, 7) is 0.469. The van der Waals surface area contributed by atoms with E-state index >= 15 is 0 Å². The van der Waals surface area contributed by atoms with Crippen molar-refractivity contribution in [3.8, 4) is 0 Å². The number of nitrogens with zero attached hydrogens (tertiary/aromatic N) is 2. The quantitative estimate of drug-likeness (QED) is 0.857. The lowest BCUT2D eigenvalue weighted by atomic mass is 10.0. The fourth-order valence-corrected chi connectivity index (χ4v) is 3.52. The summed E-state index contributed by atoms with van der Waals surface area (Å²) < 4.78 is 0. The van der Waals surface area contributed by atoms with Crippen LogP contribution in [0.15, 0.2) is 48.5 Å². The number of benzene rings is 2. The third kappa shape index (κ3) is 3.80. The second-order valence-electron chi connectivity index (χ2n) is 6.39. The zero-order valence-electron chi connectivity index (χ0n) is 14.8. The van der Waals surface area contributed by atoms with Gasteiger partial charge in [0.25, 0.3) is 0 Å². The fraction of sp³-hybridized carbons (Fsp3) is 0.250. The fourth-order valence-electron chi connectivity index (χ4n) is 3.28. The summed E-state index contributed by atoms with van der Waals surface area (Å²) in [5, 5.41) is 9.74. The van der Waals surface area contributed by atoms with Crippen LogP contribution >= 0.6 is 11.6 Å². The average Bonchev–Trinajstić information content (AvgIpc) is 3.03. The molecule has 0 bridgehead atoms. The van der Waals surface area contributed by atoms with Crippen molar-refractivity contribution in [1.29, 1.82) is 0 Å². The molecule has 2 amide bonds. The van der Waals surface area contributed by atoms with E-state index in [1.807, 2.05) is 0 Å². The zero-order chi connectivity index (χ0) is 19.6. The first-order valence-corrected chi connectivity index (χ1v) is 8.90. The summed E-state index contributed by atoms with van der Waals surface area (Å²) in [7, 11) is 1.57. The van der Waals surface area contributed by atoms with Gasteiger partial charge < -0.3 is 14.9 Å². The number of hydrogen-bond acceptors (Lipinski definition) is 3. The number of carbonyl (C=O) groups excluding carboxylic acids is 2. The molecule has 0 saturated carbocycles. The predicted octanol–water partition coefficient (Wildman–Crippen LogP) is 2.84. The van der Waals surface area contributed by atoms with E-state index in [-0.39, 0.29) is 23.8 Å². The molecule has 1 heterocycles. The molecular weight excluding hydrogens is 368 g/mol. The van der Waals surface area contributed by atoms with Crippen molar-refractivity contribution in [2.45, 2.75) is 18.9 Å². The first-order chi connectivity index (χ1) is 12.9. The van der Waals surface area contributed by atoms with Gasteiger partial charge in [-0.15, -0.1) is 0 Å². The molecular formula is C20H19ClN2O4. The third-order valence-electron chi connectivity index (χ3n) is 4.77. The van der Waals surface area contributed by atoms with Crippen molar-refractivity contribution in [2.75, 3.05) is 18.5 Å². The molecule has 3 rings (SSSR count). The minimum absolute atomic E-state index is 0.0746. The maximum absolute atomic E-state index is 12.8. The molecule has 2 aromatic carbocycles. The summed E-state index contributed by atoms with van der Waals surface area (Å²) in [5.41, 5.74) is 1.15. The van der Waals surface area contributed by atoms with Gasteiger partial charge in [-0.2, -0.15) is 0 Å². The van der Waals surface area contributed by atoms with Gasteiger partial charge in [0.2, 0.25) is 11.8 Å². The Morgan fingerprint density at radius 2 is 1.85 bits per heavy atom. The van der Waals surface area contributed by atoms with Crippen LogP contribution in [0.4, 0.5) is 5.69 Å². The molecule has 1 N–H and O–H groups in total. The van der Waals surface area contributed by atoms with Gasteiger partial charge >= 0.3 is 5.97 Å². The highest BCUT2D eigenvalue weighted by atomic mass is 35.5. The Morgan fingerprint density at radius 3 is 2.56 bits per heavy atom.